The van der Waals surface area contributed by atoms with Gasteiger partial charge in [-0.15, -0.1) is 0 Å². The number of fused-ring (bicyclic) bond motifs is 1. The van der Waals surface area contributed by atoms with E-state index in [0.717, 1.165) is 5.56 Å². The molecule has 0 aliphatic carbocycles. The van der Waals surface area contributed by atoms with Crippen LogP contribution in [-0.2, 0) is 0 Å². The second-order valence-electron chi connectivity index (χ2n) is 4.66. The largest absolute Gasteiger partial charge is 0.496 e. The highest BCUT2D eigenvalue weighted by Gasteiger charge is 2.13. The molecule has 1 heterocycles. The molecule has 0 radical (unpaired) electrons. The molecule has 6 nitrogen and oxygen atoms in total. The summed E-state index contributed by atoms with van der Waals surface area (Å²) in [7, 11) is 1.48. The Balaban J connectivity index is 1.70. The average molecular weight is 333 g/mol. The minimum atomic E-state index is -0.415. The van der Waals surface area contributed by atoms with Crippen molar-refractivity contribution in [2.24, 2.45) is 5.10 Å². The first-order valence-electron chi connectivity index (χ1n) is 6.74. The first-order chi connectivity index (χ1) is 11.2. The molecular weight excluding hydrogens is 320 g/mol. The minimum absolute atomic E-state index is 0.210. The maximum absolute atomic E-state index is 12.1. The number of rotatable bonds is 4. The summed E-state index contributed by atoms with van der Waals surface area (Å²) >= 11 is 5.90. The Labute approximate surface area is 137 Å². The van der Waals surface area contributed by atoms with E-state index in [-0.39, 0.29) is 6.79 Å². The van der Waals surface area contributed by atoms with Crippen LogP contribution in [0.2, 0.25) is 5.02 Å². The molecule has 2 aromatic carbocycles. The Morgan fingerprint density at radius 3 is 2.91 bits per heavy atom. The number of nitrogens with one attached hydrogen (secondary N) is 1. The third-order valence-corrected chi connectivity index (χ3v) is 3.42. The fourth-order valence-corrected chi connectivity index (χ4v) is 2.25. The van der Waals surface area contributed by atoms with Crippen molar-refractivity contribution in [3.8, 4) is 17.2 Å². The van der Waals surface area contributed by atoms with Gasteiger partial charge in [-0.2, -0.15) is 5.10 Å². The van der Waals surface area contributed by atoms with Crippen LogP contribution in [0.5, 0.6) is 17.2 Å². The van der Waals surface area contributed by atoms with E-state index in [0.29, 0.717) is 27.8 Å². The normalized spacial score (nSPS) is 12.4. The van der Waals surface area contributed by atoms with Gasteiger partial charge in [-0.1, -0.05) is 11.6 Å². The number of hydrogen-bond donors (Lipinski definition) is 1. The highest BCUT2D eigenvalue weighted by Crippen LogP contribution is 2.32. The lowest BCUT2D eigenvalue weighted by Gasteiger charge is -2.07. The number of methoxy groups -OCH3 is 1. The summed E-state index contributed by atoms with van der Waals surface area (Å²) in [5.74, 6) is 1.35. The van der Waals surface area contributed by atoms with Gasteiger partial charge >= 0.3 is 0 Å². The molecule has 0 aromatic heterocycles. The van der Waals surface area contributed by atoms with Crippen molar-refractivity contribution in [1.29, 1.82) is 0 Å². The first kappa shape index (κ1) is 15.2. The van der Waals surface area contributed by atoms with Gasteiger partial charge in [-0.3, -0.25) is 4.79 Å². The fourth-order valence-electron chi connectivity index (χ4n) is 2.08. The van der Waals surface area contributed by atoms with Crippen LogP contribution in [-0.4, -0.2) is 26.0 Å². The third kappa shape index (κ3) is 3.37. The summed E-state index contributed by atoms with van der Waals surface area (Å²) in [6, 6.07) is 10.2. The molecule has 0 bridgehead atoms. The maximum Gasteiger partial charge on any atom is 0.275 e. The first-order valence-corrected chi connectivity index (χ1v) is 7.12. The molecule has 2 aromatic rings. The smallest absolute Gasteiger partial charge is 0.275 e. The van der Waals surface area contributed by atoms with E-state index in [1.54, 1.807) is 24.3 Å². The lowest BCUT2D eigenvalue weighted by atomic mass is 10.2. The maximum atomic E-state index is 12.1. The zero-order valence-corrected chi connectivity index (χ0v) is 13.0. The van der Waals surface area contributed by atoms with Crippen molar-refractivity contribution in [1.82, 2.24) is 5.43 Å². The minimum Gasteiger partial charge on any atom is -0.496 e. The molecule has 23 heavy (non-hydrogen) atoms. The van der Waals surface area contributed by atoms with Gasteiger partial charge in [0.05, 0.1) is 18.9 Å². The number of carbonyl (C=O) groups excluding carboxylic acids is 1. The number of benzene rings is 2. The molecule has 7 heteroatoms. The molecule has 1 N–H and O–H groups in total. The second-order valence-corrected chi connectivity index (χ2v) is 5.09. The van der Waals surface area contributed by atoms with Crippen LogP contribution in [0.15, 0.2) is 41.5 Å². The lowest BCUT2D eigenvalue weighted by molar-refractivity contribution is 0.0952. The Morgan fingerprint density at radius 2 is 2.09 bits per heavy atom. The van der Waals surface area contributed by atoms with E-state index in [2.05, 4.69) is 10.5 Å². The molecule has 0 atom stereocenters. The van der Waals surface area contributed by atoms with E-state index in [1.165, 1.54) is 19.4 Å². The van der Waals surface area contributed by atoms with Gasteiger partial charge in [0.25, 0.3) is 5.91 Å². The number of amides is 1. The number of carbonyl (C=O) groups is 1. The van der Waals surface area contributed by atoms with Gasteiger partial charge in [-0.05, 0) is 42.0 Å². The summed E-state index contributed by atoms with van der Waals surface area (Å²) in [4.78, 5) is 12.1. The molecule has 0 spiro atoms. The van der Waals surface area contributed by atoms with Gasteiger partial charge in [0.15, 0.2) is 11.5 Å². The number of halogens is 1. The van der Waals surface area contributed by atoms with E-state index in [1.807, 2.05) is 6.07 Å². The molecule has 3 rings (SSSR count). The third-order valence-electron chi connectivity index (χ3n) is 3.18. The summed E-state index contributed by atoms with van der Waals surface area (Å²) in [6.45, 7) is 0.210. The standard InChI is InChI=1S/C16H13ClN2O4/c1-21-13-5-3-11(17)7-12(13)16(20)19-18-8-10-2-4-14-15(6-10)23-9-22-14/h2-8H,9H2,1H3,(H,19,20)/b18-8+. The highest BCUT2D eigenvalue weighted by molar-refractivity contribution is 6.31. The fraction of sp³-hybridized carbons (Fsp3) is 0.125. The zero-order chi connectivity index (χ0) is 16.2. The van der Waals surface area contributed by atoms with Gasteiger partial charge in [0.1, 0.15) is 5.75 Å². The van der Waals surface area contributed by atoms with Crippen LogP contribution in [0.25, 0.3) is 0 Å². The summed E-state index contributed by atoms with van der Waals surface area (Å²) < 4.78 is 15.6. The quantitative estimate of drug-likeness (QED) is 0.690. The SMILES string of the molecule is COc1ccc(Cl)cc1C(=O)N/N=C/c1ccc2c(c1)OCO2. The Kier molecular flexibility index (Phi) is 4.34. The zero-order valence-electron chi connectivity index (χ0n) is 12.2. The lowest BCUT2D eigenvalue weighted by Crippen LogP contribution is -2.18. The van der Waals surface area contributed by atoms with Crippen LogP contribution in [0.1, 0.15) is 15.9 Å². The second kappa shape index (κ2) is 6.58. The molecule has 0 saturated carbocycles. The summed E-state index contributed by atoms with van der Waals surface area (Å²) in [5, 5.41) is 4.37. The molecule has 0 fully saturated rings. The van der Waals surface area contributed by atoms with Gasteiger partial charge in [0, 0.05) is 5.02 Å². The van der Waals surface area contributed by atoms with Crippen LogP contribution in [0, 0.1) is 0 Å². The Bertz CT molecular complexity index is 777. The highest BCUT2D eigenvalue weighted by atomic mass is 35.5. The van der Waals surface area contributed by atoms with Crippen LogP contribution >= 0.6 is 11.6 Å². The molecule has 1 aliphatic rings. The topological polar surface area (TPSA) is 69.2 Å². The average Bonchev–Trinajstić information content (AvgIpc) is 3.02. The Hall–Kier alpha value is -2.73. The number of hydrogen-bond acceptors (Lipinski definition) is 5. The molecule has 1 aliphatic heterocycles. The molecule has 0 saturated heterocycles. The van der Waals surface area contributed by atoms with E-state index in [9.17, 15) is 4.79 Å². The monoisotopic (exact) mass is 332 g/mol. The van der Waals surface area contributed by atoms with Crippen LogP contribution in [0.4, 0.5) is 0 Å². The number of hydrazone groups is 1. The molecule has 118 valence electrons. The van der Waals surface area contributed by atoms with Crippen molar-refractivity contribution in [2.75, 3.05) is 13.9 Å². The van der Waals surface area contributed by atoms with Crippen LogP contribution < -0.4 is 19.6 Å². The van der Waals surface area contributed by atoms with E-state index >= 15 is 0 Å². The predicted octanol–water partition coefficient (Wildman–Crippen LogP) is 2.84. The van der Waals surface area contributed by atoms with Crippen molar-refractivity contribution >= 4 is 23.7 Å². The van der Waals surface area contributed by atoms with Crippen molar-refractivity contribution in [3.05, 3.63) is 52.5 Å². The number of ether oxygens (including phenoxy) is 3. The summed E-state index contributed by atoms with van der Waals surface area (Å²) in [6.07, 6.45) is 1.51. The summed E-state index contributed by atoms with van der Waals surface area (Å²) in [5.41, 5.74) is 3.52. The Morgan fingerprint density at radius 1 is 1.26 bits per heavy atom. The van der Waals surface area contributed by atoms with Gasteiger partial charge in [0.2, 0.25) is 6.79 Å². The molecule has 1 amide bonds. The van der Waals surface area contributed by atoms with Crippen molar-refractivity contribution in [3.63, 3.8) is 0 Å². The van der Waals surface area contributed by atoms with Gasteiger partial charge < -0.3 is 14.2 Å². The molecular formula is C16H13ClN2O4. The van der Waals surface area contributed by atoms with Gasteiger partial charge in [-0.25, -0.2) is 5.43 Å². The van der Waals surface area contributed by atoms with Crippen molar-refractivity contribution in [2.45, 2.75) is 0 Å². The molecule has 0 unspecified atom stereocenters. The van der Waals surface area contributed by atoms with E-state index in [4.69, 9.17) is 25.8 Å². The van der Waals surface area contributed by atoms with E-state index < -0.39 is 5.91 Å². The predicted molar refractivity (Wildman–Crippen MR) is 85.6 cm³/mol. The van der Waals surface area contributed by atoms with Crippen LogP contribution in [0.3, 0.4) is 0 Å². The number of nitrogens with zero attached hydrogens (tertiary/aromatic N) is 1. The van der Waals surface area contributed by atoms with Crippen molar-refractivity contribution < 1.29 is 19.0 Å².